The molecule has 1 aliphatic heterocycles. The molecule has 1 N–H and O–H groups in total. The lowest BCUT2D eigenvalue weighted by Gasteiger charge is -2.22. The van der Waals surface area contributed by atoms with Gasteiger partial charge in [0.15, 0.2) is 0 Å². The quantitative estimate of drug-likeness (QED) is 0.869. The summed E-state index contributed by atoms with van der Waals surface area (Å²) >= 11 is 0. The minimum absolute atomic E-state index is 0. The monoisotopic (exact) mass is 289 g/mol. The predicted molar refractivity (Wildman–Crippen MR) is 84.8 cm³/mol. The molecule has 0 saturated carbocycles. The first kappa shape index (κ1) is 14.9. The standard InChI is InChI=1S/C17H19NO.ClH/c1-18-10-9-14-7-8-15(19)11-16(14)17(12-18)13-5-3-2-4-6-13;/h2-8,11,17,19H,9-10,12H2,1H3;1H/t17-;/m0./s1. The number of nitrogens with zero attached hydrogens (tertiary/aromatic N) is 1. The summed E-state index contributed by atoms with van der Waals surface area (Å²) in [5, 5.41) is 9.80. The summed E-state index contributed by atoms with van der Waals surface area (Å²) in [5.74, 6) is 0.708. The Labute approximate surface area is 126 Å². The molecule has 0 bridgehead atoms. The van der Waals surface area contributed by atoms with Crippen molar-refractivity contribution in [2.24, 2.45) is 0 Å². The lowest BCUT2D eigenvalue weighted by molar-refractivity contribution is 0.338. The van der Waals surface area contributed by atoms with Crippen molar-refractivity contribution < 1.29 is 5.11 Å². The molecule has 1 aliphatic rings. The zero-order chi connectivity index (χ0) is 13.2. The third-order valence-corrected chi connectivity index (χ3v) is 3.96. The van der Waals surface area contributed by atoms with Gasteiger partial charge in [0.05, 0.1) is 0 Å². The second-order valence-corrected chi connectivity index (χ2v) is 5.36. The Morgan fingerprint density at radius 2 is 1.85 bits per heavy atom. The van der Waals surface area contributed by atoms with Crippen LogP contribution < -0.4 is 0 Å². The Kier molecular flexibility index (Phi) is 4.69. The van der Waals surface area contributed by atoms with Gasteiger partial charge in [0.25, 0.3) is 0 Å². The van der Waals surface area contributed by atoms with Crippen molar-refractivity contribution >= 4 is 12.4 Å². The SMILES string of the molecule is CN1CCc2ccc(O)cc2[C@H](c2ccccc2)C1.Cl. The van der Waals surface area contributed by atoms with E-state index >= 15 is 0 Å². The van der Waals surface area contributed by atoms with Crippen molar-refractivity contribution in [1.29, 1.82) is 0 Å². The molecule has 0 unspecified atom stereocenters. The number of aromatic hydroxyl groups is 1. The number of benzene rings is 2. The third kappa shape index (κ3) is 2.97. The normalized spacial score (nSPS) is 18.8. The molecule has 0 fully saturated rings. The van der Waals surface area contributed by atoms with E-state index in [-0.39, 0.29) is 12.4 Å². The molecule has 3 heteroatoms. The van der Waals surface area contributed by atoms with Crippen LogP contribution in [0.5, 0.6) is 5.75 Å². The van der Waals surface area contributed by atoms with Crippen molar-refractivity contribution in [2.45, 2.75) is 12.3 Å². The van der Waals surface area contributed by atoms with E-state index in [0.29, 0.717) is 11.7 Å². The molecule has 0 aliphatic carbocycles. The van der Waals surface area contributed by atoms with E-state index in [1.54, 1.807) is 6.07 Å². The summed E-state index contributed by atoms with van der Waals surface area (Å²) in [6, 6.07) is 16.4. The van der Waals surface area contributed by atoms with Crippen LogP contribution in [0.3, 0.4) is 0 Å². The lowest BCUT2D eigenvalue weighted by atomic mass is 9.88. The topological polar surface area (TPSA) is 23.5 Å². The van der Waals surface area contributed by atoms with Crippen LogP contribution in [0, 0.1) is 0 Å². The fourth-order valence-electron chi connectivity index (χ4n) is 2.92. The fourth-order valence-corrected chi connectivity index (χ4v) is 2.92. The van der Waals surface area contributed by atoms with Crippen molar-refractivity contribution in [3.63, 3.8) is 0 Å². The number of hydrogen-bond donors (Lipinski definition) is 1. The summed E-state index contributed by atoms with van der Waals surface area (Å²) in [4.78, 5) is 2.37. The number of halogens is 1. The summed E-state index contributed by atoms with van der Waals surface area (Å²) < 4.78 is 0. The molecule has 1 heterocycles. The highest BCUT2D eigenvalue weighted by Gasteiger charge is 2.22. The molecule has 2 aromatic carbocycles. The smallest absolute Gasteiger partial charge is 0.115 e. The maximum absolute atomic E-state index is 9.80. The summed E-state index contributed by atoms with van der Waals surface area (Å²) in [6.07, 6.45) is 1.05. The Morgan fingerprint density at radius 3 is 2.60 bits per heavy atom. The van der Waals surface area contributed by atoms with Crippen LogP contribution in [0.2, 0.25) is 0 Å². The van der Waals surface area contributed by atoms with Crippen LogP contribution in [-0.2, 0) is 6.42 Å². The van der Waals surface area contributed by atoms with Crippen LogP contribution in [0.1, 0.15) is 22.6 Å². The van der Waals surface area contributed by atoms with Crippen LogP contribution in [0.4, 0.5) is 0 Å². The highest BCUT2D eigenvalue weighted by molar-refractivity contribution is 5.85. The van der Waals surface area contributed by atoms with Gasteiger partial charge in [-0.05, 0) is 42.3 Å². The molecule has 0 aromatic heterocycles. The molecule has 3 rings (SSSR count). The van der Waals surface area contributed by atoms with Gasteiger partial charge in [-0.25, -0.2) is 0 Å². The van der Waals surface area contributed by atoms with Crippen molar-refractivity contribution in [1.82, 2.24) is 4.90 Å². The van der Waals surface area contributed by atoms with E-state index in [1.165, 1.54) is 16.7 Å². The van der Waals surface area contributed by atoms with E-state index < -0.39 is 0 Å². The van der Waals surface area contributed by atoms with E-state index in [2.05, 4.69) is 42.3 Å². The number of phenolic OH excluding ortho intramolecular Hbond substituents is 1. The largest absolute Gasteiger partial charge is 0.508 e. The fraction of sp³-hybridized carbons (Fsp3) is 0.294. The van der Waals surface area contributed by atoms with Crippen molar-refractivity contribution in [3.8, 4) is 5.75 Å². The minimum Gasteiger partial charge on any atom is -0.508 e. The first-order valence-electron chi connectivity index (χ1n) is 6.79. The first-order valence-corrected chi connectivity index (χ1v) is 6.79. The maximum atomic E-state index is 9.80. The Hall–Kier alpha value is -1.51. The molecule has 2 aromatic rings. The second kappa shape index (κ2) is 6.29. The van der Waals surface area contributed by atoms with Gasteiger partial charge >= 0.3 is 0 Å². The predicted octanol–water partition coefficient (Wildman–Crippen LogP) is 3.43. The summed E-state index contributed by atoms with van der Waals surface area (Å²) in [6.45, 7) is 2.07. The lowest BCUT2D eigenvalue weighted by Crippen LogP contribution is -2.24. The molecule has 0 radical (unpaired) electrons. The van der Waals surface area contributed by atoms with Crippen LogP contribution >= 0.6 is 12.4 Å². The van der Waals surface area contributed by atoms with Gasteiger partial charge in [0.2, 0.25) is 0 Å². The van der Waals surface area contributed by atoms with E-state index in [9.17, 15) is 5.11 Å². The summed E-state index contributed by atoms with van der Waals surface area (Å²) in [5.41, 5.74) is 3.95. The van der Waals surface area contributed by atoms with Crippen LogP contribution in [-0.4, -0.2) is 30.1 Å². The van der Waals surface area contributed by atoms with Gasteiger partial charge in [-0.3, -0.25) is 0 Å². The molecule has 106 valence electrons. The third-order valence-electron chi connectivity index (χ3n) is 3.96. The average Bonchev–Trinajstić information content (AvgIpc) is 2.59. The van der Waals surface area contributed by atoms with E-state index in [1.807, 2.05) is 12.1 Å². The molecule has 20 heavy (non-hydrogen) atoms. The van der Waals surface area contributed by atoms with Gasteiger partial charge in [0.1, 0.15) is 5.75 Å². The molecule has 2 nitrogen and oxygen atoms in total. The van der Waals surface area contributed by atoms with E-state index in [0.717, 1.165) is 19.5 Å². The van der Waals surface area contributed by atoms with Gasteiger partial charge in [0, 0.05) is 19.0 Å². The zero-order valence-electron chi connectivity index (χ0n) is 11.6. The summed E-state index contributed by atoms with van der Waals surface area (Å²) in [7, 11) is 2.17. The number of likely N-dealkylation sites (N-methyl/N-ethyl adjacent to an activating group) is 1. The Morgan fingerprint density at radius 1 is 1.10 bits per heavy atom. The van der Waals surface area contributed by atoms with Crippen molar-refractivity contribution in [2.75, 3.05) is 20.1 Å². The molecular weight excluding hydrogens is 270 g/mol. The van der Waals surface area contributed by atoms with E-state index in [4.69, 9.17) is 0 Å². The maximum Gasteiger partial charge on any atom is 0.115 e. The van der Waals surface area contributed by atoms with Gasteiger partial charge in [-0.15, -0.1) is 12.4 Å². The number of rotatable bonds is 1. The highest BCUT2D eigenvalue weighted by atomic mass is 35.5. The van der Waals surface area contributed by atoms with Crippen LogP contribution in [0.15, 0.2) is 48.5 Å². The number of fused-ring (bicyclic) bond motifs is 1. The molecule has 0 amide bonds. The second-order valence-electron chi connectivity index (χ2n) is 5.36. The van der Waals surface area contributed by atoms with Gasteiger partial charge < -0.3 is 10.0 Å². The Balaban J connectivity index is 0.00000147. The van der Waals surface area contributed by atoms with Crippen LogP contribution in [0.25, 0.3) is 0 Å². The number of phenols is 1. The molecular formula is C17H20ClNO. The number of hydrogen-bond acceptors (Lipinski definition) is 2. The average molecular weight is 290 g/mol. The molecule has 0 spiro atoms. The first-order chi connectivity index (χ1) is 9.24. The van der Waals surface area contributed by atoms with Gasteiger partial charge in [-0.2, -0.15) is 0 Å². The minimum atomic E-state index is 0. The molecule has 1 atom stereocenters. The highest BCUT2D eigenvalue weighted by Crippen LogP contribution is 2.32. The van der Waals surface area contributed by atoms with Crippen molar-refractivity contribution in [3.05, 3.63) is 65.2 Å². The zero-order valence-corrected chi connectivity index (χ0v) is 12.4. The molecule has 0 saturated heterocycles. The van der Waals surface area contributed by atoms with Gasteiger partial charge in [-0.1, -0.05) is 36.4 Å². The Bertz CT molecular complexity index is 570.